The summed E-state index contributed by atoms with van der Waals surface area (Å²) in [6, 6.07) is 0. The normalized spacial score (nSPS) is 30.4. The second-order valence-corrected chi connectivity index (χ2v) is 7.95. The molecule has 1 heterocycles. The van der Waals surface area contributed by atoms with E-state index in [1.54, 1.807) is 0 Å². The Balaban J connectivity index is 0.00000288. The molecular formula is C17H35Cl2N3O3. The lowest BCUT2D eigenvalue weighted by molar-refractivity contribution is -0.170. The number of carbonyl (C=O) groups excluding carboxylic acids is 1. The average molecular weight is 400 g/mol. The number of ether oxygens (including phenoxy) is 2. The Morgan fingerprint density at radius 2 is 1.96 bits per heavy atom. The fourth-order valence-corrected chi connectivity index (χ4v) is 3.59. The number of rotatable bonds is 6. The predicted molar refractivity (Wildman–Crippen MR) is 105 cm³/mol. The van der Waals surface area contributed by atoms with Gasteiger partial charge >= 0.3 is 0 Å². The van der Waals surface area contributed by atoms with E-state index in [1.165, 1.54) is 0 Å². The van der Waals surface area contributed by atoms with Gasteiger partial charge < -0.3 is 20.5 Å². The van der Waals surface area contributed by atoms with Crippen molar-refractivity contribution in [2.24, 2.45) is 11.1 Å². The van der Waals surface area contributed by atoms with Gasteiger partial charge in [0, 0.05) is 43.6 Å². The Kier molecular flexibility index (Phi) is 9.16. The van der Waals surface area contributed by atoms with E-state index in [0.717, 1.165) is 26.3 Å². The van der Waals surface area contributed by atoms with Crippen LogP contribution in [0.25, 0.3) is 0 Å². The van der Waals surface area contributed by atoms with Gasteiger partial charge in [0.2, 0.25) is 5.91 Å². The molecule has 0 bridgehead atoms. The molecular weight excluding hydrogens is 365 g/mol. The van der Waals surface area contributed by atoms with E-state index in [0.29, 0.717) is 19.6 Å². The largest absolute Gasteiger partial charge is 0.378 e. The van der Waals surface area contributed by atoms with Crippen LogP contribution in [0.15, 0.2) is 0 Å². The number of morpholine rings is 1. The highest BCUT2D eigenvalue weighted by Gasteiger charge is 2.62. The standard InChI is InChI=1S/C17H33N3O3.2ClH/c1-6-23-13-11-17(18,16(13,4)5)14(21)19-7-8-20-9-10-22-12-15(20,2)3;;/h13H,6-12,18H2,1-5H3,(H,19,21);2*1H. The molecule has 2 atom stereocenters. The second-order valence-electron chi connectivity index (χ2n) is 7.95. The maximum atomic E-state index is 12.6. The fraction of sp³-hybridized carbons (Fsp3) is 0.941. The zero-order valence-corrected chi connectivity index (χ0v) is 17.7. The van der Waals surface area contributed by atoms with Crippen molar-refractivity contribution in [2.75, 3.05) is 39.5 Å². The van der Waals surface area contributed by atoms with Crippen LogP contribution in [0.5, 0.6) is 0 Å². The Bertz CT molecular complexity index is 449. The minimum atomic E-state index is -0.840. The summed E-state index contributed by atoms with van der Waals surface area (Å²) in [7, 11) is 0. The van der Waals surface area contributed by atoms with Crippen molar-refractivity contribution in [3.8, 4) is 0 Å². The summed E-state index contributed by atoms with van der Waals surface area (Å²) < 4.78 is 11.2. The first-order valence-corrected chi connectivity index (χ1v) is 8.67. The van der Waals surface area contributed by atoms with Gasteiger partial charge in [-0.1, -0.05) is 13.8 Å². The van der Waals surface area contributed by atoms with Crippen LogP contribution in [0.4, 0.5) is 0 Å². The minimum absolute atomic E-state index is 0. The molecule has 0 radical (unpaired) electrons. The number of hydrogen-bond donors (Lipinski definition) is 2. The summed E-state index contributed by atoms with van der Waals surface area (Å²) >= 11 is 0. The SMILES string of the molecule is CCOC1CC(N)(C(=O)NCCN2CCOCC2(C)C)C1(C)C.Cl.Cl. The van der Waals surface area contributed by atoms with Crippen molar-refractivity contribution in [3.63, 3.8) is 0 Å². The van der Waals surface area contributed by atoms with Crippen molar-refractivity contribution in [3.05, 3.63) is 0 Å². The summed E-state index contributed by atoms with van der Waals surface area (Å²) in [6.07, 6.45) is 0.643. The molecule has 2 aliphatic rings. The lowest BCUT2D eigenvalue weighted by Crippen LogP contribution is -2.76. The Morgan fingerprint density at radius 1 is 1.32 bits per heavy atom. The molecule has 1 amide bonds. The number of hydrogen-bond acceptors (Lipinski definition) is 5. The van der Waals surface area contributed by atoms with E-state index < -0.39 is 5.54 Å². The van der Waals surface area contributed by atoms with Gasteiger partial charge in [-0.05, 0) is 20.8 Å². The number of nitrogens with two attached hydrogens (primary N) is 1. The third-order valence-corrected chi connectivity index (χ3v) is 5.72. The van der Waals surface area contributed by atoms with E-state index in [1.807, 2.05) is 20.8 Å². The summed E-state index contributed by atoms with van der Waals surface area (Å²) in [5, 5.41) is 3.03. The van der Waals surface area contributed by atoms with E-state index in [4.69, 9.17) is 15.2 Å². The first-order chi connectivity index (χ1) is 10.6. The number of carbonyl (C=O) groups is 1. The van der Waals surface area contributed by atoms with E-state index in [2.05, 4.69) is 24.1 Å². The molecule has 3 N–H and O–H groups in total. The van der Waals surface area contributed by atoms with E-state index in [-0.39, 0.29) is 47.8 Å². The molecule has 8 heteroatoms. The van der Waals surface area contributed by atoms with Crippen molar-refractivity contribution in [2.45, 2.75) is 58.2 Å². The third-order valence-electron chi connectivity index (χ3n) is 5.72. The van der Waals surface area contributed by atoms with Crippen LogP contribution in [-0.4, -0.2) is 67.4 Å². The minimum Gasteiger partial charge on any atom is -0.378 e. The molecule has 1 aliphatic heterocycles. The highest BCUT2D eigenvalue weighted by molar-refractivity contribution is 5.88. The maximum Gasteiger partial charge on any atom is 0.240 e. The van der Waals surface area contributed by atoms with Gasteiger partial charge in [-0.15, -0.1) is 24.8 Å². The van der Waals surface area contributed by atoms with E-state index in [9.17, 15) is 4.79 Å². The smallest absolute Gasteiger partial charge is 0.240 e. The molecule has 1 saturated carbocycles. The summed E-state index contributed by atoms with van der Waals surface area (Å²) in [6.45, 7) is 14.8. The summed E-state index contributed by atoms with van der Waals surface area (Å²) in [4.78, 5) is 14.9. The lowest BCUT2D eigenvalue weighted by Gasteiger charge is -2.57. The molecule has 0 spiro atoms. The van der Waals surface area contributed by atoms with Gasteiger partial charge in [-0.25, -0.2) is 0 Å². The van der Waals surface area contributed by atoms with Gasteiger partial charge in [0.05, 0.1) is 19.3 Å². The summed E-state index contributed by atoms with van der Waals surface area (Å²) in [5.41, 5.74) is 5.22. The molecule has 150 valence electrons. The molecule has 1 saturated heterocycles. The maximum absolute atomic E-state index is 12.6. The van der Waals surface area contributed by atoms with Crippen molar-refractivity contribution >= 4 is 30.7 Å². The molecule has 0 aromatic heterocycles. The van der Waals surface area contributed by atoms with Crippen LogP contribution < -0.4 is 11.1 Å². The average Bonchev–Trinajstić information content (AvgIpc) is 2.48. The first-order valence-electron chi connectivity index (χ1n) is 8.67. The molecule has 1 aliphatic carbocycles. The molecule has 25 heavy (non-hydrogen) atoms. The zero-order valence-electron chi connectivity index (χ0n) is 16.1. The quantitative estimate of drug-likeness (QED) is 0.708. The molecule has 0 aromatic carbocycles. The van der Waals surface area contributed by atoms with Gasteiger partial charge in [0.25, 0.3) is 0 Å². The molecule has 2 fully saturated rings. The fourth-order valence-electron chi connectivity index (χ4n) is 3.59. The highest BCUT2D eigenvalue weighted by Crippen LogP contribution is 2.49. The Hall–Kier alpha value is -0.110. The third kappa shape index (κ3) is 4.79. The van der Waals surface area contributed by atoms with Crippen LogP contribution in [0.2, 0.25) is 0 Å². The molecule has 6 nitrogen and oxygen atoms in total. The predicted octanol–water partition coefficient (Wildman–Crippen LogP) is 1.59. The topological polar surface area (TPSA) is 76.8 Å². The van der Waals surface area contributed by atoms with Crippen LogP contribution in [0.1, 0.15) is 41.0 Å². The first kappa shape index (κ1) is 24.9. The van der Waals surface area contributed by atoms with Gasteiger partial charge in [-0.3, -0.25) is 9.69 Å². The van der Waals surface area contributed by atoms with E-state index >= 15 is 0 Å². The second kappa shape index (κ2) is 9.20. The molecule has 2 unspecified atom stereocenters. The summed E-state index contributed by atoms with van der Waals surface area (Å²) in [5.74, 6) is -0.0653. The monoisotopic (exact) mass is 399 g/mol. The van der Waals surface area contributed by atoms with Crippen LogP contribution in [0.3, 0.4) is 0 Å². The van der Waals surface area contributed by atoms with Crippen LogP contribution in [-0.2, 0) is 14.3 Å². The number of halogens is 2. The Morgan fingerprint density at radius 3 is 2.48 bits per heavy atom. The number of amides is 1. The van der Waals surface area contributed by atoms with Crippen LogP contribution >= 0.6 is 24.8 Å². The highest BCUT2D eigenvalue weighted by atomic mass is 35.5. The zero-order chi connectivity index (χ0) is 17.3. The van der Waals surface area contributed by atoms with Crippen molar-refractivity contribution in [1.29, 1.82) is 0 Å². The molecule has 0 aromatic rings. The number of nitrogens with one attached hydrogen (secondary N) is 1. The lowest BCUT2D eigenvalue weighted by atomic mass is 9.54. The van der Waals surface area contributed by atoms with Crippen molar-refractivity contribution < 1.29 is 14.3 Å². The number of nitrogens with zero attached hydrogens (tertiary/aromatic N) is 1. The van der Waals surface area contributed by atoms with Gasteiger partial charge in [0.1, 0.15) is 5.54 Å². The van der Waals surface area contributed by atoms with Crippen LogP contribution in [0, 0.1) is 5.41 Å². The van der Waals surface area contributed by atoms with Gasteiger partial charge in [0.15, 0.2) is 0 Å². The van der Waals surface area contributed by atoms with Crippen molar-refractivity contribution in [1.82, 2.24) is 10.2 Å². The van der Waals surface area contributed by atoms with Gasteiger partial charge in [-0.2, -0.15) is 0 Å². The Labute approximate surface area is 164 Å². The molecule has 2 rings (SSSR count).